The van der Waals surface area contributed by atoms with Crippen LogP contribution in [0.1, 0.15) is 0 Å². The first-order chi connectivity index (χ1) is 11.2. The summed E-state index contributed by atoms with van der Waals surface area (Å²) in [5, 5.41) is 17.0. The molecule has 2 aromatic carbocycles. The quantitative estimate of drug-likeness (QED) is 0.750. The number of anilines is 1. The molecule has 8 heteroatoms. The standard InChI is InChI=1S/C15H12ClN5O2/c16-11-3-7-13(8-4-11)23-9-14(22)17-12-5-1-10(2-6-12)15-18-20-21-19-15/h1-8H,9H2,(H,17,22)(H,18,19,20,21). The van der Waals surface area contributed by atoms with Crippen LogP contribution in [-0.2, 0) is 4.79 Å². The van der Waals surface area contributed by atoms with Gasteiger partial charge in [0.15, 0.2) is 6.61 Å². The number of H-pyrrole nitrogens is 1. The van der Waals surface area contributed by atoms with Gasteiger partial charge in [0.1, 0.15) is 5.75 Å². The van der Waals surface area contributed by atoms with Gasteiger partial charge in [0.25, 0.3) is 5.91 Å². The van der Waals surface area contributed by atoms with Crippen LogP contribution < -0.4 is 10.1 Å². The van der Waals surface area contributed by atoms with E-state index in [1.807, 2.05) is 0 Å². The molecular formula is C15H12ClN5O2. The van der Waals surface area contributed by atoms with Crippen molar-refractivity contribution in [3.63, 3.8) is 0 Å². The Morgan fingerprint density at radius 1 is 1.13 bits per heavy atom. The minimum Gasteiger partial charge on any atom is -0.484 e. The van der Waals surface area contributed by atoms with Gasteiger partial charge in [-0.1, -0.05) is 11.6 Å². The van der Waals surface area contributed by atoms with E-state index in [9.17, 15) is 4.79 Å². The Morgan fingerprint density at radius 3 is 2.52 bits per heavy atom. The van der Waals surface area contributed by atoms with Gasteiger partial charge in [-0.25, -0.2) is 0 Å². The molecule has 0 atom stereocenters. The molecule has 0 radical (unpaired) electrons. The SMILES string of the molecule is O=C(COc1ccc(Cl)cc1)Nc1ccc(-c2nn[nH]n2)cc1. The van der Waals surface area contributed by atoms with E-state index < -0.39 is 0 Å². The van der Waals surface area contributed by atoms with E-state index in [0.717, 1.165) is 5.56 Å². The van der Waals surface area contributed by atoms with Crippen molar-refractivity contribution in [3.05, 3.63) is 53.6 Å². The average Bonchev–Trinajstić information content (AvgIpc) is 3.09. The van der Waals surface area contributed by atoms with E-state index in [1.54, 1.807) is 48.5 Å². The van der Waals surface area contributed by atoms with E-state index in [2.05, 4.69) is 25.9 Å². The number of aromatic nitrogens is 4. The smallest absolute Gasteiger partial charge is 0.262 e. The Labute approximate surface area is 136 Å². The molecule has 3 rings (SSSR count). The molecule has 0 spiro atoms. The van der Waals surface area contributed by atoms with E-state index in [1.165, 1.54) is 0 Å². The molecule has 0 saturated heterocycles. The molecule has 116 valence electrons. The summed E-state index contributed by atoms with van der Waals surface area (Å²) in [5.74, 6) is 0.818. The van der Waals surface area contributed by atoms with Crippen molar-refractivity contribution in [2.24, 2.45) is 0 Å². The highest BCUT2D eigenvalue weighted by Crippen LogP contribution is 2.17. The van der Waals surface area contributed by atoms with E-state index >= 15 is 0 Å². The van der Waals surface area contributed by atoms with E-state index in [-0.39, 0.29) is 12.5 Å². The van der Waals surface area contributed by atoms with Gasteiger partial charge in [-0.3, -0.25) is 4.79 Å². The van der Waals surface area contributed by atoms with E-state index in [4.69, 9.17) is 16.3 Å². The molecule has 0 aliphatic heterocycles. The monoisotopic (exact) mass is 329 g/mol. The summed E-state index contributed by atoms with van der Waals surface area (Å²) >= 11 is 5.78. The summed E-state index contributed by atoms with van der Waals surface area (Å²) < 4.78 is 5.37. The van der Waals surface area contributed by atoms with Crippen LogP contribution >= 0.6 is 11.6 Å². The number of halogens is 1. The Kier molecular flexibility index (Phi) is 4.49. The summed E-state index contributed by atoms with van der Waals surface area (Å²) in [5.41, 5.74) is 1.45. The highest BCUT2D eigenvalue weighted by Gasteiger charge is 2.06. The maximum Gasteiger partial charge on any atom is 0.262 e. The normalized spacial score (nSPS) is 10.3. The van der Waals surface area contributed by atoms with E-state index in [0.29, 0.717) is 22.3 Å². The van der Waals surface area contributed by atoms with Crippen LogP contribution in [0.3, 0.4) is 0 Å². The van der Waals surface area contributed by atoms with Gasteiger partial charge >= 0.3 is 0 Å². The number of ether oxygens (including phenoxy) is 1. The van der Waals surface area contributed by atoms with Crippen LogP contribution in [0.25, 0.3) is 11.4 Å². The molecule has 23 heavy (non-hydrogen) atoms. The second-order valence-corrected chi connectivity index (χ2v) is 5.04. The highest BCUT2D eigenvalue weighted by molar-refractivity contribution is 6.30. The maximum absolute atomic E-state index is 11.9. The predicted octanol–water partition coefficient (Wildman–Crippen LogP) is 2.54. The summed E-state index contributed by atoms with van der Waals surface area (Å²) in [4.78, 5) is 11.9. The fourth-order valence-corrected chi connectivity index (χ4v) is 1.99. The Balaban J connectivity index is 1.54. The predicted molar refractivity (Wildman–Crippen MR) is 85.2 cm³/mol. The van der Waals surface area contributed by atoms with Crippen molar-refractivity contribution in [1.29, 1.82) is 0 Å². The number of nitrogens with one attached hydrogen (secondary N) is 2. The molecule has 0 aliphatic rings. The molecule has 0 saturated carbocycles. The van der Waals surface area contributed by atoms with Crippen LogP contribution in [0.2, 0.25) is 5.02 Å². The second-order valence-electron chi connectivity index (χ2n) is 4.60. The zero-order chi connectivity index (χ0) is 16.1. The zero-order valence-electron chi connectivity index (χ0n) is 11.9. The van der Waals surface area contributed by atoms with Gasteiger partial charge in [-0.15, -0.1) is 10.2 Å². The molecule has 7 nitrogen and oxygen atoms in total. The number of benzene rings is 2. The van der Waals surface area contributed by atoms with Crippen molar-refractivity contribution in [2.45, 2.75) is 0 Å². The molecule has 1 aromatic heterocycles. The summed E-state index contributed by atoms with van der Waals surface area (Å²) in [6.45, 7) is -0.0891. The maximum atomic E-state index is 11.9. The van der Waals surface area contributed by atoms with Gasteiger partial charge in [-0.05, 0) is 53.7 Å². The van der Waals surface area contributed by atoms with Crippen molar-refractivity contribution in [2.75, 3.05) is 11.9 Å². The molecule has 1 amide bonds. The number of nitrogens with zero attached hydrogens (tertiary/aromatic N) is 3. The number of aromatic amines is 1. The lowest BCUT2D eigenvalue weighted by molar-refractivity contribution is -0.118. The first-order valence-corrected chi connectivity index (χ1v) is 7.10. The van der Waals surface area contributed by atoms with Crippen molar-refractivity contribution >= 4 is 23.2 Å². The molecule has 3 aromatic rings. The van der Waals surface area contributed by atoms with Crippen LogP contribution in [0.5, 0.6) is 5.75 Å². The number of hydrogen-bond donors (Lipinski definition) is 2. The van der Waals surface area contributed by atoms with Gasteiger partial charge in [0, 0.05) is 16.3 Å². The Bertz CT molecular complexity index is 773. The Hall–Kier alpha value is -2.93. The molecule has 0 unspecified atom stereocenters. The fraction of sp³-hybridized carbons (Fsp3) is 0.0667. The number of carbonyl (C=O) groups excluding carboxylic acids is 1. The van der Waals surface area contributed by atoms with Crippen molar-refractivity contribution in [3.8, 4) is 17.1 Å². The lowest BCUT2D eigenvalue weighted by Gasteiger charge is -2.08. The highest BCUT2D eigenvalue weighted by atomic mass is 35.5. The van der Waals surface area contributed by atoms with Crippen LogP contribution in [0.4, 0.5) is 5.69 Å². The number of hydrogen-bond acceptors (Lipinski definition) is 5. The van der Waals surface area contributed by atoms with Gasteiger partial charge in [0.05, 0.1) is 0 Å². The fourth-order valence-electron chi connectivity index (χ4n) is 1.86. The van der Waals surface area contributed by atoms with Crippen LogP contribution in [-0.4, -0.2) is 33.1 Å². The molecule has 0 aliphatic carbocycles. The summed E-state index contributed by atoms with van der Waals surface area (Å²) in [6.07, 6.45) is 0. The third kappa shape index (κ3) is 4.04. The first kappa shape index (κ1) is 15.0. The topological polar surface area (TPSA) is 92.8 Å². The third-order valence-corrected chi connectivity index (χ3v) is 3.21. The molecule has 0 fully saturated rings. The number of rotatable bonds is 5. The zero-order valence-corrected chi connectivity index (χ0v) is 12.6. The van der Waals surface area contributed by atoms with Crippen molar-refractivity contribution in [1.82, 2.24) is 20.6 Å². The van der Waals surface area contributed by atoms with Crippen LogP contribution in [0, 0.1) is 0 Å². The second kappa shape index (κ2) is 6.89. The third-order valence-electron chi connectivity index (χ3n) is 2.96. The molecule has 2 N–H and O–H groups in total. The largest absolute Gasteiger partial charge is 0.484 e. The number of tetrazole rings is 1. The summed E-state index contributed by atoms with van der Waals surface area (Å²) in [7, 11) is 0. The molecule has 0 bridgehead atoms. The lowest BCUT2D eigenvalue weighted by atomic mass is 10.2. The molecular weight excluding hydrogens is 318 g/mol. The minimum absolute atomic E-state index is 0.0891. The molecule has 1 heterocycles. The average molecular weight is 330 g/mol. The number of amides is 1. The lowest BCUT2D eigenvalue weighted by Crippen LogP contribution is -2.20. The van der Waals surface area contributed by atoms with Crippen molar-refractivity contribution < 1.29 is 9.53 Å². The Morgan fingerprint density at radius 2 is 1.87 bits per heavy atom. The summed E-state index contributed by atoms with van der Waals surface area (Å²) in [6, 6.07) is 13.9. The number of carbonyl (C=O) groups is 1. The minimum atomic E-state index is -0.257. The van der Waals surface area contributed by atoms with Gasteiger partial charge < -0.3 is 10.1 Å². The van der Waals surface area contributed by atoms with Gasteiger partial charge in [-0.2, -0.15) is 5.21 Å². The van der Waals surface area contributed by atoms with Crippen LogP contribution in [0.15, 0.2) is 48.5 Å². The first-order valence-electron chi connectivity index (χ1n) is 6.73. The van der Waals surface area contributed by atoms with Gasteiger partial charge in [0.2, 0.25) is 5.82 Å².